The molecule has 24 heavy (non-hydrogen) atoms. The number of carbonyl (C=O) groups excluding carboxylic acids is 1. The average molecular weight is 379 g/mol. The number of carbonyl (C=O) groups is 1. The van der Waals surface area contributed by atoms with Crippen LogP contribution in [-0.2, 0) is 9.36 Å². The highest BCUT2D eigenvalue weighted by molar-refractivity contribution is 8.56. The fourth-order valence-electron chi connectivity index (χ4n) is 2.52. The van der Waals surface area contributed by atoms with Gasteiger partial charge in [0.25, 0.3) is 6.65 Å². The Morgan fingerprint density at radius 3 is 1.96 bits per heavy atom. The molecular formula is C18H39N2O2PS. The lowest BCUT2D eigenvalue weighted by Gasteiger charge is -2.35. The molecule has 144 valence electrons. The van der Waals surface area contributed by atoms with Crippen molar-refractivity contribution in [1.82, 2.24) is 9.34 Å². The minimum Gasteiger partial charge on any atom is -0.274 e. The van der Waals surface area contributed by atoms with Crippen molar-refractivity contribution in [2.75, 3.05) is 26.4 Å². The van der Waals surface area contributed by atoms with Gasteiger partial charge in [-0.15, -0.1) is 0 Å². The van der Waals surface area contributed by atoms with Crippen LogP contribution in [0.5, 0.6) is 0 Å². The number of rotatable bonds is 15. The second kappa shape index (κ2) is 14.2. The average Bonchev–Trinajstić information content (AvgIpc) is 2.56. The quantitative estimate of drug-likeness (QED) is 0.252. The van der Waals surface area contributed by atoms with Gasteiger partial charge in [-0.3, -0.25) is 14.0 Å². The molecule has 0 saturated carbocycles. The van der Waals surface area contributed by atoms with Gasteiger partial charge in [0, 0.05) is 18.7 Å². The molecule has 0 spiro atoms. The predicted molar refractivity (Wildman–Crippen MR) is 109 cm³/mol. The van der Waals surface area contributed by atoms with E-state index in [4.69, 9.17) is 0 Å². The van der Waals surface area contributed by atoms with Gasteiger partial charge >= 0.3 is 0 Å². The molecule has 0 N–H and O–H groups in total. The van der Waals surface area contributed by atoms with Gasteiger partial charge in [0.2, 0.25) is 5.91 Å². The van der Waals surface area contributed by atoms with Crippen molar-refractivity contribution in [1.29, 1.82) is 0 Å². The Bertz CT molecular complexity index is 378. The third-order valence-electron chi connectivity index (χ3n) is 4.03. The first kappa shape index (κ1) is 24.0. The van der Waals surface area contributed by atoms with Crippen LogP contribution in [0.2, 0.25) is 0 Å². The van der Waals surface area contributed by atoms with Crippen molar-refractivity contribution in [2.24, 2.45) is 0 Å². The van der Waals surface area contributed by atoms with Gasteiger partial charge in [-0.1, -0.05) is 70.7 Å². The molecular weight excluding hydrogens is 339 g/mol. The van der Waals surface area contributed by atoms with Crippen LogP contribution in [0.3, 0.4) is 0 Å². The SMILES string of the molecule is CCCCCCC(=O)N(CCCCCC)P(=O)(SCCC)N(C)C. The van der Waals surface area contributed by atoms with Crippen molar-refractivity contribution in [3.05, 3.63) is 0 Å². The molecule has 0 aliphatic heterocycles. The number of hydrogen-bond donors (Lipinski definition) is 0. The van der Waals surface area contributed by atoms with E-state index in [0.717, 1.165) is 44.3 Å². The summed E-state index contributed by atoms with van der Waals surface area (Å²) in [4.78, 5) is 12.8. The Labute approximate surface area is 154 Å². The fourth-order valence-corrected chi connectivity index (χ4v) is 7.41. The van der Waals surface area contributed by atoms with Gasteiger partial charge in [-0.2, -0.15) is 0 Å². The molecule has 0 aromatic rings. The summed E-state index contributed by atoms with van der Waals surface area (Å²) in [6, 6.07) is 0. The van der Waals surface area contributed by atoms with Gasteiger partial charge in [0.15, 0.2) is 0 Å². The zero-order chi connectivity index (χ0) is 18.4. The summed E-state index contributed by atoms with van der Waals surface area (Å²) in [5, 5.41) is 0. The highest BCUT2D eigenvalue weighted by atomic mass is 32.7. The zero-order valence-corrected chi connectivity index (χ0v) is 18.3. The lowest BCUT2D eigenvalue weighted by molar-refractivity contribution is -0.126. The van der Waals surface area contributed by atoms with E-state index in [0.29, 0.717) is 13.0 Å². The van der Waals surface area contributed by atoms with Crippen molar-refractivity contribution < 1.29 is 9.36 Å². The summed E-state index contributed by atoms with van der Waals surface area (Å²) < 4.78 is 17.1. The molecule has 0 heterocycles. The third kappa shape index (κ3) is 8.92. The first-order valence-electron chi connectivity index (χ1n) is 9.67. The lowest BCUT2D eigenvalue weighted by Crippen LogP contribution is -2.33. The molecule has 0 radical (unpaired) electrons. The summed E-state index contributed by atoms with van der Waals surface area (Å²) in [7, 11) is 3.68. The Balaban J connectivity index is 4.97. The number of nitrogens with zero attached hydrogens (tertiary/aromatic N) is 2. The molecule has 0 rings (SSSR count). The molecule has 0 bridgehead atoms. The molecule has 6 heteroatoms. The second-order valence-electron chi connectivity index (χ2n) is 6.56. The summed E-state index contributed by atoms with van der Waals surface area (Å²) in [5.74, 6) is 0.896. The maximum absolute atomic E-state index is 13.6. The van der Waals surface area contributed by atoms with Crippen molar-refractivity contribution >= 4 is 23.9 Å². The molecule has 1 unspecified atom stereocenters. The van der Waals surface area contributed by atoms with Crippen LogP contribution < -0.4 is 0 Å². The summed E-state index contributed by atoms with van der Waals surface area (Å²) in [5.41, 5.74) is 0. The van der Waals surface area contributed by atoms with Crippen molar-refractivity contribution in [2.45, 2.75) is 85.0 Å². The first-order valence-corrected chi connectivity index (χ1v) is 12.9. The number of unbranched alkanes of at least 4 members (excludes halogenated alkanes) is 6. The van der Waals surface area contributed by atoms with E-state index >= 15 is 0 Å². The van der Waals surface area contributed by atoms with Crippen molar-refractivity contribution in [3.8, 4) is 0 Å². The van der Waals surface area contributed by atoms with E-state index in [1.807, 2.05) is 14.1 Å². The van der Waals surface area contributed by atoms with Crippen LogP contribution in [0.25, 0.3) is 0 Å². The van der Waals surface area contributed by atoms with Crippen LogP contribution in [0, 0.1) is 0 Å². The standard InChI is InChI=1S/C18H39N2O2PS/c1-6-9-11-13-15-18(21)20(16-14-12-10-7-2)23(22,19(4)5)24-17-8-3/h6-17H2,1-5H3. The van der Waals surface area contributed by atoms with Gasteiger partial charge in [0.05, 0.1) is 0 Å². The summed E-state index contributed by atoms with van der Waals surface area (Å²) in [6.07, 6.45) is 10.2. The molecule has 4 nitrogen and oxygen atoms in total. The summed E-state index contributed by atoms with van der Waals surface area (Å²) in [6.45, 7) is 4.22. The normalized spacial score (nSPS) is 13.9. The highest BCUT2D eigenvalue weighted by Crippen LogP contribution is 2.63. The minimum atomic E-state index is -2.84. The maximum Gasteiger partial charge on any atom is 0.296 e. The molecule has 0 saturated heterocycles. The van der Waals surface area contributed by atoms with Gasteiger partial charge in [-0.25, -0.2) is 4.67 Å². The largest absolute Gasteiger partial charge is 0.296 e. The van der Waals surface area contributed by atoms with Crippen LogP contribution in [0.15, 0.2) is 0 Å². The minimum absolute atomic E-state index is 0.0724. The molecule has 0 aromatic heterocycles. The molecule has 0 aliphatic rings. The number of amides is 1. The predicted octanol–water partition coefficient (Wildman–Crippen LogP) is 6.18. The van der Waals surface area contributed by atoms with E-state index in [1.54, 1.807) is 9.34 Å². The monoisotopic (exact) mass is 378 g/mol. The number of hydrogen-bond acceptors (Lipinski definition) is 3. The smallest absolute Gasteiger partial charge is 0.274 e. The molecule has 0 aromatic carbocycles. The Morgan fingerprint density at radius 1 is 0.875 bits per heavy atom. The maximum atomic E-state index is 13.6. The van der Waals surface area contributed by atoms with Crippen LogP contribution in [-0.4, -0.2) is 41.6 Å². The highest BCUT2D eigenvalue weighted by Gasteiger charge is 2.36. The Morgan fingerprint density at radius 2 is 1.46 bits per heavy atom. The van der Waals surface area contributed by atoms with Crippen molar-refractivity contribution in [3.63, 3.8) is 0 Å². The lowest BCUT2D eigenvalue weighted by atomic mass is 10.1. The van der Waals surface area contributed by atoms with E-state index in [1.165, 1.54) is 30.6 Å². The van der Waals surface area contributed by atoms with E-state index in [9.17, 15) is 9.36 Å². The Hall–Kier alpha value is 0.01000. The van der Waals surface area contributed by atoms with Crippen LogP contribution in [0.4, 0.5) is 0 Å². The van der Waals surface area contributed by atoms with E-state index in [2.05, 4.69) is 20.8 Å². The van der Waals surface area contributed by atoms with Crippen LogP contribution >= 0.6 is 18.0 Å². The Kier molecular flexibility index (Phi) is 14.2. The van der Waals surface area contributed by atoms with Crippen LogP contribution in [0.1, 0.15) is 85.0 Å². The van der Waals surface area contributed by atoms with Gasteiger partial charge < -0.3 is 0 Å². The topological polar surface area (TPSA) is 40.6 Å². The molecule has 1 amide bonds. The van der Waals surface area contributed by atoms with E-state index in [-0.39, 0.29) is 5.91 Å². The third-order valence-corrected chi connectivity index (χ3v) is 10.1. The first-order chi connectivity index (χ1) is 11.4. The molecule has 0 aliphatic carbocycles. The van der Waals surface area contributed by atoms with E-state index < -0.39 is 6.65 Å². The molecule has 0 fully saturated rings. The molecule has 1 atom stereocenters. The zero-order valence-electron chi connectivity index (χ0n) is 16.6. The fraction of sp³-hybridized carbons (Fsp3) is 0.944. The second-order valence-corrected chi connectivity index (χ2v) is 11.7. The summed E-state index contributed by atoms with van der Waals surface area (Å²) >= 11 is 1.46. The van der Waals surface area contributed by atoms with Gasteiger partial charge in [0.1, 0.15) is 0 Å². The van der Waals surface area contributed by atoms with Gasteiger partial charge in [-0.05, 0) is 33.4 Å².